The molecule has 0 aliphatic rings. The average Bonchev–Trinajstić information content (AvgIpc) is 2.68. The van der Waals surface area contributed by atoms with Crippen molar-refractivity contribution in [3.8, 4) is 11.5 Å². The third-order valence-corrected chi connectivity index (χ3v) is 4.14. The highest BCUT2D eigenvalue weighted by atomic mass is 35.5. The molecule has 2 aromatic carbocycles. The van der Waals surface area contributed by atoms with Crippen molar-refractivity contribution >= 4 is 41.2 Å². The first-order valence-corrected chi connectivity index (χ1v) is 8.47. The number of ether oxygens (including phenoxy) is 2. The molecule has 27 heavy (non-hydrogen) atoms. The number of benzene rings is 2. The monoisotopic (exact) mass is 409 g/mol. The number of carbonyl (C=O) groups is 2. The molecule has 0 spiro atoms. The lowest BCUT2D eigenvalue weighted by molar-refractivity contribution is -0.120. The minimum Gasteiger partial charge on any atom is -0.493 e. The Balaban J connectivity index is 1.86. The minimum atomic E-state index is -0.486. The molecule has 0 radical (unpaired) electrons. The van der Waals surface area contributed by atoms with Gasteiger partial charge in [-0.05, 0) is 42.0 Å². The van der Waals surface area contributed by atoms with Crippen molar-refractivity contribution in [3.63, 3.8) is 0 Å². The molecule has 0 aromatic heterocycles. The lowest BCUT2D eigenvalue weighted by Gasteiger charge is -2.07. The van der Waals surface area contributed by atoms with Crippen molar-refractivity contribution in [1.82, 2.24) is 10.7 Å². The second-order valence-electron chi connectivity index (χ2n) is 5.22. The van der Waals surface area contributed by atoms with Crippen molar-refractivity contribution in [2.24, 2.45) is 5.10 Å². The summed E-state index contributed by atoms with van der Waals surface area (Å²) < 4.78 is 10.3. The first-order chi connectivity index (χ1) is 12.9. The van der Waals surface area contributed by atoms with E-state index in [4.69, 9.17) is 32.7 Å². The fraction of sp³-hybridized carbons (Fsp3) is 0.167. The summed E-state index contributed by atoms with van der Waals surface area (Å²) in [6.07, 6.45) is 1.45. The first kappa shape index (κ1) is 20.5. The van der Waals surface area contributed by atoms with Gasteiger partial charge in [-0.25, -0.2) is 5.43 Å². The van der Waals surface area contributed by atoms with E-state index >= 15 is 0 Å². The number of halogens is 2. The molecule has 0 saturated carbocycles. The van der Waals surface area contributed by atoms with Crippen LogP contribution in [0, 0.1) is 0 Å². The van der Waals surface area contributed by atoms with Gasteiger partial charge in [0.05, 0.1) is 37.0 Å². The van der Waals surface area contributed by atoms with Crippen LogP contribution in [0.5, 0.6) is 11.5 Å². The molecule has 0 fully saturated rings. The van der Waals surface area contributed by atoms with Crippen LogP contribution < -0.4 is 20.2 Å². The van der Waals surface area contributed by atoms with Gasteiger partial charge >= 0.3 is 0 Å². The van der Waals surface area contributed by atoms with Gasteiger partial charge in [-0.2, -0.15) is 5.10 Å². The second kappa shape index (κ2) is 9.80. The topological polar surface area (TPSA) is 89.0 Å². The van der Waals surface area contributed by atoms with Crippen molar-refractivity contribution in [2.45, 2.75) is 0 Å². The zero-order valence-electron chi connectivity index (χ0n) is 14.6. The number of hydrogen-bond acceptors (Lipinski definition) is 5. The van der Waals surface area contributed by atoms with Crippen molar-refractivity contribution < 1.29 is 19.1 Å². The molecule has 0 saturated heterocycles. The van der Waals surface area contributed by atoms with Gasteiger partial charge in [-0.1, -0.05) is 23.2 Å². The molecule has 0 unspecified atom stereocenters. The molecule has 142 valence electrons. The smallest absolute Gasteiger partial charge is 0.259 e. The quantitative estimate of drug-likeness (QED) is 0.543. The van der Waals surface area contributed by atoms with E-state index in [2.05, 4.69) is 15.8 Å². The van der Waals surface area contributed by atoms with Gasteiger partial charge in [0.2, 0.25) is 0 Å². The average molecular weight is 410 g/mol. The SMILES string of the molecule is COc1ccc(/C=N/NC(=O)CNC(=O)c2ccc(Cl)c(Cl)c2)cc1OC. The number of nitrogens with one attached hydrogen (secondary N) is 2. The molecule has 2 aromatic rings. The van der Waals surface area contributed by atoms with E-state index in [-0.39, 0.29) is 11.6 Å². The van der Waals surface area contributed by atoms with Crippen LogP contribution in [0.3, 0.4) is 0 Å². The second-order valence-corrected chi connectivity index (χ2v) is 6.03. The van der Waals surface area contributed by atoms with Gasteiger partial charge in [-0.15, -0.1) is 0 Å². The van der Waals surface area contributed by atoms with Crippen LogP contribution in [0.1, 0.15) is 15.9 Å². The summed E-state index contributed by atoms with van der Waals surface area (Å²) in [5, 5.41) is 6.90. The summed E-state index contributed by atoms with van der Waals surface area (Å²) in [4.78, 5) is 23.8. The zero-order chi connectivity index (χ0) is 19.8. The van der Waals surface area contributed by atoms with Crippen LogP contribution in [0.4, 0.5) is 0 Å². The van der Waals surface area contributed by atoms with E-state index in [0.717, 1.165) is 0 Å². The number of carbonyl (C=O) groups excluding carboxylic acids is 2. The molecule has 0 bridgehead atoms. The summed E-state index contributed by atoms with van der Waals surface area (Å²) in [7, 11) is 3.06. The largest absolute Gasteiger partial charge is 0.493 e. The van der Waals surface area contributed by atoms with Gasteiger partial charge in [0, 0.05) is 5.56 Å². The minimum absolute atomic E-state index is 0.248. The highest BCUT2D eigenvalue weighted by Gasteiger charge is 2.09. The van der Waals surface area contributed by atoms with Gasteiger partial charge in [0.25, 0.3) is 11.8 Å². The van der Waals surface area contributed by atoms with Crippen molar-refractivity contribution in [1.29, 1.82) is 0 Å². The molecular weight excluding hydrogens is 393 g/mol. The summed E-state index contributed by atoms with van der Waals surface area (Å²) >= 11 is 11.7. The Kier molecular flexibility index (Phi) is 7.45. The molecule has 2 rings (SSSR count). The summed E-state index contributed by atoms with van der Waals surface area (Å²) in [6, 6.07) is 9.62. The van der Waals surface area contributed by atoms with Gasteiger partial charge in [-0.3, -0.25) is 9.59 Å². The van der Waals surface area contributed by atoms with Crippen LogP contribution >= 0.6 is 23.2 Å². The van der Waals surface area contributed by atoms with Crippen LogP contribution in [-0.2, 0) is 4.79 Å². The number of hydrazone groups is 1. The Morgan fingerprint density at radius 3 is 2.44 bits per heavy atom. The third-order valence-electron chi connectivity index (χ3n) is 3.40. The van der Waals surface area contributed by atoms with Gasteiger partial charge in [0.15, 0.2) is 11.5 Å². The standard InChI is InChI=1S/C18H17Cl2N3O4/c1-26-15-6-3-11(7-16(15)27-2)9-22-23-17(24)10-21-18(25)12-4-5-13(19)14(20)8-12/h3-9H,10H2,1-2H3,(H,21,25)(H,23,24)/b22-9+. The van der Waals surface area contributed by atoms with Crippen LogP contribution in [-0.4, -0.2) is 38.8 Å². The summed E-state index contributed by atoms with van der Waals surface area (Å²) in [5.41, 5.74) is 3.32. The Bertz CT molecular complexity index is 872. The Morgan fingerprint density at radius 2 is 1.78 bits per heavy atom. The fourth-order valence-corrected chi connectivity index (χ4v) is 2.35. The third kappa shape index (κ3) is 5.87. The number of rotatable bonds is 7. The molecule has 0 aliphatic carbocycles. The fourth-order valence-electron chi connectivity index (χ4n) is 2.05. The molecule has 7 nitrogen and oxygen atoms in total. The van der Waals surface area contributed by atoms with E-state index in [1.807, 2.05) is 0 Å². The number of nitrogens with zero attached hydrogens (tertiary/aromatic N) is 1. The van der Waals surface area contributed by atoms with E-state index in [1.54, 1.807) is 18.2 Å². The van der Waals surface area contributed by atoms with Crippen molar-refractivity contribution in [3.05, 3.63) is 57.6 Å². The number of amides is 2. The first-order valence-electron chi connectivity index (χ1n) is 7.71. The van der Waals surface area contributed by atoms with Crippen LogP contribution in [0.2, 0.25) is 10.0 Å². The molecule has 2 N–H and O–H groups in total. The molecule has 0 atom stereocenters. The lowest BCUT2D eigenvalue weighted by atomic mass is 10.2. The Morgan fingerprint density at radius 1 is 1.04 bits per heavy atom. The van der Waals surface area contributed by atoms with E-state index in [1.165, 1.54) is 38.6 Å². The highest BCUT2D eigenvalue weighted by molar-refractivity contribution is 6.42. The normalized spacial score (nSPS) is 10.5. The summed E-state index contributed by atoms with van der Waals surface area (Å²) in [5.74, 6) is 0.193. The van der Waals surface area contributed by atoms with Crippen LogP contribution in [0.15, 0.2) is 41.5 Å². The predicted molar refractivity (Wildman–Crippen MR) is 104 cm³/mol. The Hall–Kier alpha value is -2.77. The maximum absolute atomic E-state index is 12.0. The molecule has 0 aliphatic heterocycles. The molecule has 0 heterocycles. The maximum atomic E-state index is 12.0. The van der Waals surface area contributed by atoms with E-state index in [9.17, 15) is 9.59 Å². The molecule has 9 heteroatoms. The van der Waals surface area contributed by atoms with Crippen molar-refractivity contribution in [2.75, 3.05) is 20.8 Å². The van der Waals surface area contributed by atoms with E-state index in [0.29, 0.717) is 27.6 Å². The van der Waals surface area contributed by atoms with Gasteiger partial charge < -0.3 is 14.8 Å². The van der Waals surface area contributed by atoms with Gasteiger partial charge in [0.1, 0.15) is 0 Å². The Labute approximate surface area is 166 Å². The molecule has 2 amide bonds. The lowest BCUT2D eigenvalue weighted by Crippen LogP contribution is -2.34. The predicted octanol–water partition coefficient (Wildman–Crippen LogP) is 2.89. The van der Waals surface area contributed by atoms with E-state index < -0.39 is 11.8 Å². The zero-order valence-corrected chi connectivity index (χ0v) is 16.1. The number of methoxy groups -OCH3 is 2. The number of hydrogen-bond donors (Lipinski definition) is 2. The summed E-state index contributed by atoms with van der Waals surface area (Å²) in [6.45, 7) is -0.248. The maximum Gasteiger partial charge on any atom is 0.259 e. The highest BCUT2D eigenvalue weighted by Crippen LogP contribution is 2.26. The van der Waals surface area contributed by atoms with Crippen LogP contribution in [0.25, 0.3) is 0 Å². The molecular formula is C18H17Cl2N3O4.